The molecule has 3 aromatic rings. The Morgan fingerprint density at radius 1 is 1.15 bits per heavy atom. The minimum Gasteiger partial charge on any atom is -0.755 e. The predicted octanol–water partition coefficient (Wildman–Crippen LogP) is 5.02. The SMILES string of the molecule is O=C(NCC1CCCCC1)c1ccc(Cl)cc1N(c1nsnc1Cc1ccccc1)S(=O)[O-]. The van der Waals surface area contributed by atoms with E-state index >= 15 is 0 Å². The average molecular weight is 504 g/mol. The van der Waals surface area contributed by atoms with E-state index in [1.54, 1.807) is 12.1 Å². The zero-order valence-electron chi connectivity index (χ0n) is 17.9. The van der Waals surface area contributed by atoms with Gasteiger partial charge in [0.25, 0.3) is 5.91 Å². The van der Waals surface area contributed by atoms with E-state index in [0.29, 0.717) is 29.6 Å². The Hall–Kier alpha value is -2.33. The molecule has 1 N–H and O–H groups in total. The van der Waals surface area contributed by atoms with Crippen LogP contribution in [0.15, 0.2) is 48.5 Å². The van der Waals surface area contributed by atoms with Crippen LogP contribution in [0, 0.1) is 5.92 Å². The molecule has 1 aromatic heterocycles. The second-order valence-corrected chi connectivity index (χ2v) is 9.85. The molecule has 7 nitrogen and oxygen atoms in total. The lowest BCUT2D eigenvalue weighted by Gasteiger charge is -2.27. The Balaban J connectivity index is 1.63. The van der Waals surface area contributed by atoms with Crippen molar-refractivity contribution in [2.75, 3.05) is 10.8 Å². The van der Waals surface area contributed by atoms with Gasteiger partial charge in [0, 0.05) is 18.0 Å². The summed E-state index contributed by atoms with van der Waals surface area (Å²) in [5.41, 5.74) is 1.85. The molecule has 0 radical (unpaired) electrons. The van der Waals surface area contributed by atoms with E-state index in [4.69, 9.17) is 11.6 Å². The van der Waals surface area contributed by atoms with Crippen molar-refractivity contribution in [3.8, 4) is 0 Å². The van der Waals surface area contributed by atoms with Crippen molar-refractivity contribution in [2.45, 2.75) is 38.5 Å². The lowest BCUT2D eigenvalue weighted by atomic mass is 9.89. The normalized spacial score (nSPS) is 15.2. The number of halogens is 1. The van der Waals surface area contributed by atoms with Crippen LogP contribution in [0.4, 0.5) is 11.5 Å². The molecule has 1 saturated carbocycles. The molecule has 1 unspecified atom stereocenters. The summed E-state index contributed by atoms with van der Waals surface area (Å²) in [5.74, 6) is 0.277. The topological polar surface area (TPSA) is 98.2 Å². The molecule has 1 aliphatic carbocycles. The maximum Gasteiger partial charge on any atom is 0.253 e. The maximum absolute atomic E-state index is 13.1. The third-order valence-corrected chi connectivity index (χ3v) is 7.25. The molecule has 1 aliphatic rings. The summed E-state index contributed by atoms with van der Waals surface area (Å²) >= 11 is 4.39. The Morgan fingerprint density at radius 2 is 1.91 bits per heavy atom. The Bertz CT molecular complexity index is 1120. The minimum atomic E-state index is -2.75. The molecule has 33 heavy (non-hydrogen) atoms. The number of rotatable bonds is 8. The zero-order chi connectivity index (χ0) is 23.2. The van der Waals surface area contributed by atoms with E-state index < -0.39 is 11.3 Å². The van der Waals surface area contributed by atoms with Crippen LogP contribution in [0.1, 0.15) is 53.7 Å². The fourth-order valence-corrected chi connectivity index (χ4v) is 5.48. The van der Waals surface area contributed by atoms with Crippen molar-refractivity contribution in [2.24, 2.45) is 5.92 Å². The lowest BCUT2D eigenvalue weighted by Crippen LogP contribution is -2.32. The quantitative estimate of drug-likeness (QED) is 0.435. The van der Waals surface area contributed by atoms with E-state index in [1.807, 2.05) is 30.3 Å². The molecule has 0 spiro atoms. The molecule has 174 valence electrons. The Labute approximate surface area is 204 Å². The van der Waals surface area contributed by atoms with Crippen molar-refractivity contribution in [3.63, 3.8) is 0 Å². The molecule has 1 fully saturated rings. The third kappa shape index (κ3) is 5.97. The number of hydrogen-bond acceptors (Lipinski definition) is 6. The van der Waals surface area contributed by atoms with Crippen LogP contribution in [0.25, 0.3) is 0 Å². The molecular formula is C23H24ClN4O3S2-. The van der Waals surface area contributed by atoms with Gasteiger partial charge in [0.2, 0.25) is 0 Å². The van der Waals surface area contributed by atoms with Gasteiger partial charge in [-0.1, -0.05) is 61.2 Å². The Morgan fingerprint density at radius 3 is 2.64 bits per heavy atom. The summed E-state index contributed by atoms with van der Waals surface area (Å²) in [6, 6.07) is 14.2. The molecule has 4 rings (SSSR count). The lowest BCUT2D eigenvalue weighted by molar-refractivity contribution is 0.0944. The van der Waals surface area contributed by atoms with Gasteiger partial charge in [-0.3, -0.25) is 13.3 Å². The highest BCUT2D eigenvalue weighted by atomic mass is 35.5. The van der Waals surface area contributed by atoms with Crippen molar-refractivity contribution in [1.82, 2.24) is 14.1 Å². The van der Waals surface area contributed by atoms with Gasteiger partial charge in [-0.25, -0.2) is 0 Å². The molecule has 1 heterocycles. The summed E-state index contributed by atoms with van der Waals surface area (Å²) in [5, 5.41) is 3.30. The number of carbonyl (C=O) groups is 1. The van der Waals surface area contributed by atoms with Crippen LogP contribution in [-0.4, -0.2) is 30.0 Å². The van der Waals surface area contributed by atoms with E-state index in [2.05, 4.69) is 14.1 Å². The average Bonchev–Trinajstić information content (AvgIpc) is 3.26. The second kappa shape index (κ2) is 11.2. The standard InChI is InChI=1S/C23H25ClN4O3S2/c24-18-11-12-19(23(29)25-15-17-9-5-2-6-10-17)21(14-18)28(33(30)31)22-20(26-32-27-22)13-16-7-3-1-4-8-16/h1,3-4,7-8,11-12,14,17H,2,5-6,9-10,13,15H2,(H,25,29)(H,30,31)/p-1. The maximum atomic E-state index is 13.1. The van der Waals surface area contributed by atoms with Gasteiger partial charge in [-0.05, 0) is 42.5 Å². The number of hydrogen-bond donors (Lipinski definition) is 1. The number of nitrogens with zero attached hydrogens (tertiary/aromatic N) is 3. The number of amides is 1. The largest absolute Gasteiger partial charge is 0.755 e. The van der Waals surface area contributed by atoms with Crippen molar-refractivity contribution >= 4 is 52.0 Å². The minimum absolute atomic E-state index is 0.152. The fourth-order valence-electron chi connectivity index (χ4n) is 4.11. The molecule has 0 aliphatic heterocycles. The molecule has 0 saturated heterocycles. The van der Waals surface area contributed by atoms with Crippen LogP contribution >= 0.6 is 23.3 Å². The van der Waals surface area contributed by atoms with Gasteiger partial charge < -0.3 is 9.87 Å². The first-order valence-corrected chi connectivity index (χ1v) is 13.0. The first-order valence-electron chi connectivity index (χ1n) is 10.9. The van der Waals surface area contributed by atoms with Gasteiger partial charge >= 0.3 is 0 Å². The van der Waals surface area contributed by atoms with Crippen LogP contribution in [-0.2, 0) is 17.7 Å². The van der Waals surface area contributed by atoms with E-state index in [1.165, 1.54) is 25.3 Å². The Kier molecular flexibility index (Phi) is 8.08. The number of carbonyl (C=O) groups excluding carboxylic acids is 1. The second-order valence-electron chi connectivity index (χ2n) is 8.08. The highest BCUT2D eigenvalue weighted by Crippen LogP contribution is 2.34. The van der Waals surface area contributed by atoms with Crippen molar-refractivity contribution < 1.29 is 13.6 Å². The smallest absolute Gasteiger partial charge is 0.253 e. The fraction of sp³-hybridized carbons (Fsp3) is 0.348. The van der Waals surface area contributed by atoms with Crippen LogP contribution < -0.4 is 9.62 Å². The molecule has 1 atom stereocenters. The van der Waals surface area contributed by atoms with Crippen LogP contribution in [0.2, 0.25) is 5.02 Å². The van der Waals surface area contributed by atoms with Crippen LogP contribution in [0.3, 0.4) is 0 Å². The first kappa shape index (κ1) is 23.8. The van der Waals surface area contributed by atoms with Crippen molar-refractivity contribution in [1.29, 1.82) is 0 Å². The third-order valence-electron chi connectivity index (χ3n) is 5.79. The van der Waals surface area contributed by atoms with Gasteiger partial charge in [0.1, 0.15) is 5.69 Å². The summed E-state index contributed by atoms with van der Waals surface area (Å²) in [6.45, 7) is 0.568. The van der Waals surface area contributed by atoms with Gasteiger partial charge in [0.15, 0.2) is 5.82 Å². The van der Waals surface area contributed by atoms with Gasteiger partial charge in [-0.15, -0.1) is 0 Å². The zero-order valence-corrected chi connectivity index (χ0v) is 20.3. The summed E-state index contributed by atoms with van der Waals surface area (Å²) < 4.78 is 34.3. The number of nitrogens with one attached hydrogen (secondary N) is 1. The summed E-state index contributed by atoms with van der Waals surface area (Å²) in [7, 11) is 0. The highest BCUT2D eigenvalue weighted by molar-refractivity contribution is 7.81. The van der Waals surface area contributed by atoms with Crippen LogP contribution in [0.5, 0.6) is 0 Å². The first-order chi connectivity index (χ1) is 16.0. The monoisotopic (exact) mass is 503 g/mol. The number of anilines is 2. The molecule has 1 amide bonds. The highest BCUT2D eigenvalue weighted by Gasteiger charge is 2.25. The molecule has 2 aromatic carbocycles. The number of benzene rings is 2. The van der Waals surface area contributed by atoms with Gasteiger partial charge in [0.05, 0.1) is 34.2 Å². The summed E-state index contributed by atoms with van der Waals surface area (Å²) in [6.07, 6.45) is 6.19. The molecule has 10 heteroatoms. The predicted molar refractivity (Wildman–Crippen MR) is 131 cm³/mol. The summed E-state index contributed by atoms with van der Waals surface area (Å²) in [4.78, 5) is 13.1. The van der Waals surface area contributed by atoms with E-state index in [9.17, 15) is 13.6 Å². The molecule has 0 bridgehead atoms. The van der Waals surface area contributed by atoms with E-state index in [0.717, 1.165) is 34.4 Å². The number of aromatic nitrogens is 2. The van der Waals surface area contributed by atoms with E-state index in [-0.39, 0.29) is 23.0 Å². The van der Waals surface area contributed by atoms with Crippen molar-refractivity contribution in [3.05, 3.63) is 70.4 Å². The van der Waals surface area contributed by atoms with Gasteiger partial charge in [-0.2, -0.15) is 8.75 Å². The molecular weight excluding hydrogens is 480 g/mol.